The highest BCUT2D eigenvalue weighted by Crippen LogP contribution is 2.30. The Hall–Kier alpha value is -1.66. The molecule has 124 valence electrons. The number of sulfonamides is 1. The molecular weight excluding hydrogens is 312 g/mol. The quantitative estimate of drug-likeness (QED) is 0.861. The molecule has 5 nitrogen and oxygen atoms in total. The van der Waals surface area contributed by atoms with E-state index >= 15 is 0 Å². The second kappa shape index (κ2) is 6.09. The van der Waals surface area contributed by atoms with Gasteiger partial charge in [0.2, 0.25) is 10.0 Å². The number of nitrogens with zero attached hydrogens (tertiary/aromatic N) is 2. The zero-order valence-corrected chi connectivity index (χ0v) is 14.6. The van der Waals surface area contributed by atoms with E-state index in [1.54, 1.807) is 10.4 Å². The van der Waals surface area contributed by atoms with Gasteiger partial charge in [-0.3, -0.25) is 0 Å². The van der Waals surface area contributed by atoms with E-state index in [2.05, 4.69) is 5.16 Å². The molecule has 0 N–H and O–H groups in total. The van der Waals surface area contributed by atoms with Gasteiger partial charge < -0.3 is 4.52 Å². The van der Waals surface area contributed by atoms with Gasteiger partial charge in [-0.05, 0) is 45.2 Å². The van der Waals surface area contributed by atoms with Crippen LogP contribution in [0.15, 0.2) is 33.7 Å². The first-order valence-electron chi connectivity index (χ1n) is 7.96. The topological polar surface area (TPSA) is 63.4 Å². The molecule has 0 saturated carbocycles. The number of aryl methyl sites for hydroxylation is 2. The minimum atomic E-state index is -3.49. The van der Waals surface area contributed by atoms with Crippen molar-refractivity contribution in [3.63, 3.8) is 0 Å². The fourth-order valence-corrected chi connectivity index (χ4v) is 5.04. The predicted octanol–water partition coefficient (Wildman–Crippen LogP) is 3.52. The average molecular weight is 334 g/mol. The Kier molecular flexibility index (Phi) is 4.29. The molecule has 1 aliphatic heterocycles. The first-order chi connectivity index (χ1) is 10.9. The standard InChI is InChI=1S/C17H22N2O3S/c1-12-7-8-15(16-10-13(2)18-22-16)11-17(12)23(20,21)19-9-5-4-6-14(19)3/h7-8,10-11,14H,4-6,9H2,1-3H3/t14-/m0/s1. The fourth-order valence-electron chi connectivity index (χ4n) is 3.09. The molecule has 3 rings (SSSR count). The molecule has 0 spiro atoms. The van der Waals surface area contributed by atoms with Crippen LogP contribution in [0, 0.1) is 13.8 Å². The molecule has 0 amide bonds. The lowest BCUT2D eigenvalue weighted by atomic mass is 10.1. The third-order valence-corrected chi connectivity index (χ3v) is 6.58. The number of rotatable bonds is 3. The smallest absolute Gasteiger partial charge is 0.243 e. The van der Waals surface area contributed by atoms with E-state index in [-0.39, 0.29) is 6.04 Å². The van der Waals surface area contributed by atoms with Crippen LogP contribution < -0.4 is 0 Å². The van der Waals surface area contributed by atoms with Crippen molar-refractivity contribution in [2.75, 3.05) is 6.54 Å². The second-order valence-corrected chi connectivity index (χ2v) is 8.13. The Balaban J connectivity index is 2.04. The molecule has 2 heterocycles. The molecule has 0 radical (unpaired) electrons. The Labute approximate surface area is 137 Å². The van der Waals surface area contributed by atoms with Crippen molar-refractivity contribution in [3.05, 3.63) is 35.5 Å². The van der Waals surface area contributed by atoms with Crippen LogP contribution in [0.5, 0.6) is 0 Å². The summed E-state index contributed by atoms with van der Waals surface area (Å²) in [4.78, 5) is 0.359. The van der Waals surface area contributed by atoms with E-state index in [0.29, 0.717) is 17.2 Å². The van der Waals surface area contributed by atoms with E-state index in [1.807, 2.05) is 39.0 Å². The first kappa shape index (κ1) is 16.2. The molecule has 0 unspecified atom stereocenters. The van der Waals surface area contributed by atoms with Gasteiger partial charge >= 0.3 is 0 Å². The second-order valence-electron chi connectivity index (χ2n) is 6.27. The van der Waals surface area contributed by atoms with Crippen LogP contribution in [-0.2, 0) is 10.0 Å². The van der Waals surface area contributed by atoms with Gasteiger partial charge in [-0.15, -0.1) is 0 Å². The number of aromatic nitrogens is 1. The highest BCUT2D eigenvalue weighted by Gasteiger charge is 2.32. The van der Waals surface area contributed by atoms with E-state index in [9.17, 15) is 8.42 Å². The van der Waals surface area contributed by atoms with Crippen LogP contribution in [0.1, 0.15) is 37.4 Å². The summed E-state index contributed by atoms with van der Waals surface area (Å²) in [5, 5.41) is 3.87. The van der Waals surface area contributed by atoms with Crippen molar-refractivity contribution >= 4 is 10.0 Å². The van der Waals surface area contributed by atoms with Gasteiger partial charge in [0.1, 0.15) is 0 Å². The summed E-state index contributed by atoms with van der Waals surface area (Å²) < 4.78 is 33.1. The van der Waals surface area contributed by atoms with E-state index in [0.717, 1.165) is 36.1 Å². The summed E-state index contributed by atoms with van der Waals surface area (Å²) >= 11 is 0. The summed E-state index contributed by atoms with van der Waals surface area (Å²) in [6.45, 7) is 6.25. The monoisotopic (exact) mass is 334 g/mol. The van der Waals surface area contributed by atoms with Crippen molar-refractivity contribution in [2.45, 2.75) is 51.0 Å². The lowest BCUT2D eigenvalue weighted by Gasteiger charge is -2.32. The largest absolute Gasteiger partial charge is 0.356 e. The summed E-state index contributed by atoms with van der Waals surface area (Å²) in [5.74, 6) is 0.589. The maximum Gasteiger partial charge on any atom is 0.243 e. The van der Waals surface area contributed by atoms with Crippen LogP contribution in [0.3, 0.4) is 0 Å². The normalized spacial score (nSPS) is 19.9. The van der Waals surface area contributed by atoms with E-state index < -0.39 is 10.0 Å². The van der Waals surface area contributed by atoms with Crippen molar-refractivity contribution in [2.24, 2.45) is 0 Å². The van der Waals surface area contributed by atoms with Crippen LogP contribution in [0.25, 0.3) is 11.3 Å². The maximum absolute atomic E-state index is 13.1. The molecule has 1 atom stereocenters. The molecule has 2 aromatic rings. The molecule has 0 aliphatic carbocycles. The third-order valence-electron chi connectivity index (χ3n) is 4.43. The Bertz CT molecular complexity index is 811. The van der Waals surface area contributed by atoms with Crippen molar-refractivity contribution in [1.29, 1.82) is 0 Å². The third kappa shape index (κ3) is 3.05. The van der Waals surface area contributed by atoms with Gasteiger partial charge in [-0.2, -0.15) is 4.31 Å². The minimum Gasteiger partial charge on any atom is -0.356 e. The fraction of sp³-hybridized carbons (Fsp3) is 0.471. The van der Waals surface area contributed by atoms with Crippen molar-refractivity contribution < 1.29 is 12.9 Å². The first-order valence-corrected chi connectivity index (χ1v) is 9.40. The van der Waals surface area contributed by atoms with Crippen LogP contribution in [-0.4, -0.2) is 30.5 Å². The van der Waals surface area contributed by atoms with Crippen molar-refractivity contribution in [1.82, 2.24) is 9.46 Å². The molecule has 1 aromatic heterocycles. The van der Waals surface area contributed by atoms with E-state index in [4.69, 9.17) is 4.52 Å². The van der Waals surface area contributed by atoms with Crippen LogP contribution in [0.4, 0.5) is 0 Å². The molecular formula is C17H22N2O3S. The molecule has 6 heteroatoms. The Morgan fingerprint density at radius 1 is 1.22 bits per heavy atom. The molecule has 1 fully saturated rings. The van der Waals surface area contributed by atoms with Gasteiger partial charge in [0.15, 0.2) is 5.76 Å². The van der Waals surface area contributed by atoms with E-state index in [1.165, 1.54) is 0 Å². The van der Waals surface area contributed by atoms with Crippen LogP contribution >= 0.6 is 0 Å². The summed E-state index contributed by atoms with van der Waals surface area (Å²) in [5.41, 5.74) is 2.26. The molecule has 1 aromatic carbocycles. The molecule has 1 saturated heterocycles. The predicted molar refractivity (Wildman–Crippen MR) is 88.6 cm³/mol. The summed E-state index contributed by atoms with van der Waals surface area (Å²) in [6, 6.07) is 7.25. The lowest BCUT2D eigenvalue weighted by molar-refractivity contribution is 0.268. The summed E-state index contributed by atoms with van der Waals surface area (Å²) in [6.07, 6.45) is 2.92. The highest BCUT2D eigenvalue weighted by atomic mass is 32.2. The van der Waals surface area contributed by atoms with Gasteiger partial charge in [-0.1, -0.05) is 23.7 Å². The van der Waals surface area contributed by atoms with Gasteiger partial charge in [-0.25, -0.2) is 8.42 Å². The zero-order chi connectivity index (χ0) is 16.6. The SMILES string of the molecule is Cc1cc(-c2ccc(C)c(S(=O)(=O)N3CCCC[C@@H]3C)c2)on1. The van der Waals surface area contributed by atoms with Gasteiger partial charge in [0, 0.05) is 24.2 Å². The molecule has 1 aliphatic rings. The summed E-state index contributed by atoms with van der Waals surface area (Å²) in [7, 11) is -3.49. The number of hydrogen-bond donors (Lipinski definition) is 0. The molecule has 23 heavy (non-hydrogen) atoms. The number of hydrogen-bond acceptors (Lipinski definition) is 4. The van der Waals surface area contributed by atoms with Crippen LogP contribution in [0.2, 0.25) is 0 Å². The Morgan fingerprint density at radius 3 is 2.65 bits per heavy atom. The number of piperidine rings is 1. The Morgan fingerprint density at radius 2 is 2.00 bits per heavy atom. The number of benzene rings is 1. The average Bonchev–Trinajstić information content (AvgIpc) is 2.94. The maximum atomic E-state index is 13.1. The van der Waals surface area contributed by atoms with Gasteiger partial charge in [0.25, 0.3) is 0 Å². The highest BCUT2D eigenvalue weighted by molar-refractivity contribution is 7.89. The molecule has 0 bridgehead atoms. The van der Waals surface area contributed by atoms with Gasteiger partial charge in [0.05, 0.1) is 10.6 Å². The lowest BCUT2D eigenvalue weighted by Crippen LogP contribution is -2.42. The zero-order valence-electron chi connectivity index (χ0n) is 13.7. The minimum absolute atomic E-state index is 0.0457. The van der Waals surface area contributed by atoms with Crippen molar-refractivity contribution in [3.8, 4) is 11.3 Å².